The van der Waals surface area contributed by atoms with Crippen molar-refractivity contribution in [3.63, 3.8) is 0 Å². The Bertz CT molecular complexity index is 443. The van der Waals surface area contributed by atoms with Crippen LogP contribution in [0.3, 0.4) is 0 Å². The first-order chi connectivity index (χ1) is 10.00. The average molecular weight is 299 g/mol. The minimum absolute atomic E-state index is 0.309. The summed E-state index contributed by atoms with van der Waals surface area (Å²) in [6.45, 7) is 10.0. The van der Waals surface area contributed by atoms with Crippen molar-refractivity contribution in [3.8, 4) is 0 Å². The van der Waals surface area contributed by atoms with E-state index in [0.29, 0.717) is 5.56 Å². The lowest BCUT2D eigenvalue weighted by Crippen LogP contribution is -2.57. The quantitative estimate of drug-likeness (QED) is 0.571. The number of rotatable bonds is 8. The van der Waals surface area contributed by atoms with E-state index < -0.39 is 17.7 Å². The Morgan fingerprint density at radius 3 is 2.10 bits per heavy atom. The van der Waals surface area contributed by atoms with Gasteiger partial charge in [-0.15, -0.1) is 0 Å². The molecule has 3 N–H and O–H groups in total. The third-order valence-electron chi connectivity index (χ3n) is 4.60. The van der Waals surface area contributed by atoms with Gasteiger partial charge in [-0.1, -0.05) is 33.8 Å². The molecular formula is C16H27F2N3. The zero-order valence-electron chi connectivity index (χ0n) is 13.4. The normalized spacial score (nSPS) is 13.7. The first kappa shape index (κ1) is 18.0. The molecule has 21 heavy (non-hydrogen) atoms. The molecule has 0 radical (unpaired) electrons. The van der Waals surface area contributed by atoms with Crippen molar-refractivity contribution in [1.29, 1.82) is 0 Å². The lowest BCUT2D eigenvalue weighted by Gasteiger charge is -2.47. The van der Waals surface area contributed by atoms with Gasteiger partial charge in [-0.2, -0.15) is 0 Å². The fourth-order valence-electron chi connectivity index (χ4n) is 3.41. The standard InChI is InChI=1S/C16H27F2N3/c1-5-16(6-2,21(7-3)8-4)15(20-19)13-10-9-12(17)11-14(13)18/h9-11,15,20H,5-8,19H2,1-4H3. The van der Waals surface area contributed by atoms with Gasteiger partial charge in [0.15, 0.2) is 0 Å². The molecule has 5 heteroatoms. The SMILES string of the molecule is CCN(CC)C(CC)(CC)C(NN)c1ccc(F)cc1F. The zero-order chi connectivity index (χ0) is 16.0. The molecule has 0 aliphatic rings. The highest BCUT2D eigenvalue weighted by Crippen LogP contribution is 2.37. The molecule has 0 heterocycles. The molecular weight excluding hydrogens is 272 g/mol. The van der Waals surface area contributed by atoms with Crippen molar-refractivity contribution in [1.82, 2.24) is 10.3 Å². The van der Waals surface area contributed by atoms with Crippen LogP contribution in [0, 0.1) is 11.6 Å². The molecule has 1 atom stereocenters. The molecule has 0 saturated carbocycles. The molecule has 0 aliphatic heterocycles. The monoisotopic (exact) mass is 299 g/mol. The van der Waals surface area contributed by atoms with Gasteiger partial charge in [0, 0.05) is 17.2 Å². The molecule has 0 fully saturated rings. The average Bonchev–Trinajstić information content (AvgIpc) is 2.49. The molecule has 1 unspecified atom stereocenters. The predicted octanol–water partition coefficient (Wildman–Crippen LogP) is 3.37. The number of hydrazine groups is 1. The maximum Gasteiger partial charge on any atom is 0.131 e. The third-order valence-corrected chi connectivity index (χ3v) is 4.60. The van der Waals surface area contributed by atoms with E-state index in [1.54, 1.807) is 0 Å². The summed E-state index contributed by atoms with van der Waals surface area (Å²) in [7, 11) is 0. The number of benzene rings is 1. The van der Waals surface area contributed by atoms with Crippen LogP contribution in [0.2, 0.25) is 0 Å². The second-order valence-corrected chi connectivity index (χ2v) is 5.25. The topological polar surface area (TPSA) is 41.3 Å². The third kappa shape index (κ3) is 3.42. The molecule has 0 bridgehead atoms. The van der Waals surface area contributed by atoms with Crippen molar-refractivity contribution >= 4 is 0 Å². The number of nitrogens with zero attached hydrogens (tertiary/aromatic N) is 1. The minimum atomic E-state index is -0.576. The summed E-state index contributed by atoms with van der Waals surface area (Å²) < 4.78 is 27.4. The van der Waals surface area contributed by atoms with E-state index in [9.17, 15) is 8.78 Å². The van der Waals surface area contributed by atoms with Crippen molar-refractivity contribution in [2.24, 2.45) is 5.84 Å². The highest BCUT2D eigenvalue weighted by Gasteiger charge is 2.41. The number of nitrogens with two attached hydrogens (primary N) is 1. The number of halogens is 2. The van der Waals surface area contributed by atoms with E-state index in [4.69, 9.17) is 5.84 Å². The Morgan fingerprint density at radius 2 is 1.71 bits per heavy atom. The Kier molecular flexibility index (Phi) is 6.71. The lowest BCUT2D eigenvalue weighted by molar-refractivity contribution is 0.0474. The molecule has 1 aromatic carbocycles. The van der Waals surface area contributed by atoms with E-state index in [-0.39, 0.29) is 5.54 Å². The molecule has 0 spiro atoms. The number of hydrogen-bond acceptors (Lipinski definition) is 3. The highest BCUT2D eigenvalue weighted by atomic mass is 19.1. The van der Waals surface area contributed by atoms with Crippen LogP contribution in [-0.2, 0) is 0 Å². The Hall–Kier alpha value is -1.04. The summed E-state index contributed by atoms with van der Waals surface area (Å²) in [5.41, 5.74) is 2.87. The van der Waals surface area contributed by atoms with E-state index in [1.165, 1.54) is 12.1 Å². The van der Waals surface area contributed by atoms with Crippen molar-refractivity contribution in [3.05, 3.63) is 35.4 Å². The Morgan fingerprint density at radius 1 is 1.14 bits per heavy atom. The van der Waals surface area contributed by atoms with Crippen LogP contribution in [0.15, 0.2) is 18.2 Å². The van der Waals surface area contributed by atoms with Crippen LogP contribution in [0.1, 0.15) is 52.1 Å². The molecule has 0 amide bonds. The van der Waals surface area contributed by atoms with Crippen LogP contribution in [-0.4, -0.2) is 23.5 Å². The number of likely N-dealkylation sites (N-methyl/N-ethyl adjacent to an activating group) is 1. The molecule has 0 saturated heterocycles. The van der Waals surface area contributed by atoms with Crippen LogP contribution >= 0.6 is 0 Å². The maximum atomic E-state index is 14.2. The van der Waals surface area contributed by atoms with Crippen LogP contribution in [0.25, 0.3) is 0 Å². The molecule has 3 nitrogen and oxygen atoms in total. The summed E-state index contributed by atoms with van der Waals surface area (Å²) in [4.78, 5) is 2.29. The van der Waals surface area contributed by atoms with E-state index >= 15 is 0 Å². The summed E-state index contributed by atoms with van der Waals surface area (Å²) in [5.74, 6) is 4.62. The Labute approximate surface area is 126 Å². The second kappa shape index (κ2) is 7.82. The molecule has 1 rings (SSSR count). The van der Waals surface area contributed by atoms with Crippen molar-refractivity contribution < 1.29 is 8.78 Å². The van der Waals surface area contributed by atoms with Crippen LogP contribution in [0.5, 0.6) is 0 Å². The van der Waals surface area contributed by atoms with Crippen LogP contribution < -0.4 is 11.3 Å². The maximum absolute atomic E-state index is 14.2. The molecule has 1 aromatic rings. The van der Waals surface area contributed by atoms with Gasteiger partial charge in [-0.3, -0.25) is 16.2 Å². The van der Waals surface area contributed by atoms with Crippen molar-refractivity contribution in [2.75, 3.05) is 13.1 Å². The Balaban J connectivity index is 3.37. The first-order valence-corrected chi connectivity index (χ1v) is 7.66. The van der Waals surface area contributed by atoms with Crippen molar-refractivity contribution in [2.45, 2.75) is 52.1 Å². The van der Waals surface area contributed by atoms with Gasteiger partial charge >= 0.3 is 0 Å². The summed E-state index contributed by atoms with van der Waals surface area (Å²) >= 11 is 0. The van der Waals surface area contributed by atoms with Gasteiger partial charge in [-0.25, -0.2) is 8.78 Å². The highest BCUT2D eigenvalue weighted by molar-refractivity contribution is 5.26. The van der Waals surface area contributed by atoms with E-state index in [0.717, 1.165) is 32.0 Å². The summed E-state index contributed by atoms with van der Waals surface area (Å²) in [5, 5.41) is 0. The number of hydrogen-bond donors (Lipinski definition) is 2. The van der Waals surface area contributed by atoms with Gasteiger partial charge in [-0.05, 0) is 32.0 Å². The minimum Gasteiger partial charge on any atom is -0.296 e. The largest absolute Gasteiger partial charge is 0.296 e. The number of nitrogens with one attached hydrogen (secondary N) is 1. The van der Waals surface area contributed by atoms with Gasteiger partial charge in [0.25, 0.3) is 0 Å². The summed E-state index contributed by atoms with van der Waals surface area (Å²) in [6.07, 6.45) is 1.63. The first-order valence-electron chi connectivity index (χ1n) is 7.66. The van der Waals surface area contributed by atoms with Gasteiger partial charge in [0.2, 0.25) is 0 Å². The van der Waals surface area contributed by atoms with Gasteiger partial charge < -0.3 is 0 Å². The van der Waals surface area contributed by atoms with Crippen LogP contribution in [0.4, 0.5) is 8.78 Å². The lowest BCUT2D eigenvalue weighted by atomic mass is 9.79. The molecule has 0 aliphatic carbocycles. The summed E-state index contributed by atoms with van der Waals surface area (Å²) in [6, 6.07) is 3.28. The fraction of sp³-hybridized carbons (Fsp3) is 0.625. The molecule has 0 aromatic heterocycles. The molecule has 120 valence electrons. The smallest absolute Gasteiger partial charge is 0.131 e. The van der Waals surface area contributed by atoms with Gasteiger partial charge in [0.05, 0.1) is 6.04 Å². The fourth-order valence-corrected chi connectivity index (χ4v) is 3.41. The van der Waals surface area contributed by atoms with E-state index in [2.05, 4.69) is 38.0 Å². The second-order valence-electron chi connectivity index (χ2n) is 5.25. The van der Waals surface area contributed by atoms with E-state index in [1.807, 2.05) is 0 Å². The van der Waals surface area contributed by atoms with Gasteiger partial charge in [0.1, 0.15) is 11.6 Å². The zero-order valence-corrected chi connectivity index (χ0v) is 13.4. The predicted molar refractivity (Wildman–Crippen MR) is 82.7 cm³/mol.